The maximum atomic E-state index is 9.61. The highest BCUT2D eigenvalue weighted by Crippen LogP contribution is 2.42. The van der Waals surface area contributed by atoms with Crippen LogP contribution in [0.3, 0.4) is 0 Å². The van der Waals surface area contributed by atoms with Gasteiger partial charge in [-0.3, -0.25) is 9.98 Å². The van der Waals surface area contributed by atoms with Crippen molar-refractivity contribution in [1.82, 2.24) is 9.13 Å². The Bertz CT molecular complexity index is 4090. The van der Waals surface area contributed by atoms with Gasteiger partial charge in [-0.05, 0) is 87.3 Å². The first-order valence-electron chi connectivity index (χ1n) is 21.8. The van der Waals surface area contributed by atoms with Gasteiger partial charge < -0.3 is 8.98 Å². The van der Waals surface area contributed by atoms with Crippen molar-refractivity contribution in [3.63, 3.8) is 0 Å². The second kappa shape index (κ2) is 14.6. The van der Waals surface area contributed by atoms with Crippen LogP contribution in [-0.2, 0) is 0 Å². The summed E-state index contributed by atoms with van der Waals surface area (Å²) >= 11 is 0. The topological polar surface area (TPSA) is 71.6 Å². The lowest BCUT2D eigenvalue weighted by molar-refractivity contribution is 0.669. The van der Waals surface area contributed by atoms with E-state index in [1.165, 1.54) is 26.9 Å². The van der Waals surface area contributed by atoms with Crippen LogP contribution in [0.1, 0.15) is 11.1 Å². The Labute approximate surface area is 372 Å². The number of benzene rings is 10. The maximum Gasteiger partial charge on any atom is 0.236 e. The predicted molar refractivity (Wildman–Crippen MR) is 272 cm³/mol. The molecule has 0 atom stereocenters. The van der Waals surface area contributed by atoms with Gasteiger partial charge in [-0.2, -0.15) is 4.99 Å². The highest BCUT2D eigenvalue weighted by molar-refractivity contribution is 6.25. The summed E-state index contributed by atoms with van der Waals surface area (Å²) in [5, 5.41) is 20.8. The van der Waals surface area contributed by atoms with E-state index in [0.717, 1.165) is 82.5 Å². The van der Waals surface area contributed by atoms with Crippen LogP contribution in [0.5, 0.6) is 0 Å². The zero-order chi connectivity index (χ0) is 43.0. The average Bonchev–Trinajstić information content (AvgIpc) is 4.02. The van der Waals surface area contributed by atoms with Gasteiger partial charge in [0.15, 0.2) is 5.84 Å². The van der Waals surface area contributed by atoms with Crippen LogP contribution in [-0.4, -0.2) is 27.1 Å². The van der Waals surface area contributed by atoms with E-state index in [0.29, 0.717) is 11.5 Å². The van der Waals surface area contributed by atoms with E-state index in [-0.39, 0.29) is 5.84 Å². The van der Waals surface area contributed by atoms with Gasteiger partial charge in [0.1, 0.15) is 11.2 Å². The number of aromatic nitrogens is 2. The maximum absolute atomic E-state index is 9.61. The fraction of sp³-hybridized carbons (Fsp3) is 0. The van der Waals surface area contributed by atoms with Crippen LogP contribution in [0.15, 0.2) is 227 Å². The van der Waals surface area contributed by atoms with Gasteiger partial charge in [-0.1, -0.05) is 158 Å². The molecule has 6 nitrogen and oxygen atoms in total. The second-order valence-electron chi connectivity index (χ2n) is 16.5. The summed E-state index contributed by atoms with van der Waals surface area (Å²) in [6.45, 7) is 0. The summed E-state index contributed by atoms with van der Waals surface area (Å²) in [7, 11) is 0. The normalized spacial score (nSPS) is 12.4. The van der Waals surface area contributed by atoms with Gasteiger partial charge in [-0.25, -0.2) is 4.99 Å². The minimum atomic E-state index is 0.102. The summed E-state index contributed by atoms with van der Waals surface area (Å²) in [6.07, 6.45) is 1.94. The first-order chi connectivity index (χ1) is 32.2. The smallest absolute Gasteiger partial charge is 0.236 e. The molecule has 0 aliphatic carbocycles. The summed E-state index contributed by atoms with van der Waals surface area (Å²) in [5.41, 5.74) is 10.2. The third-order valence-corrected chi connectivity index (χ3v) is 12.9. The number of rotatable bonds is 4. The van der Waals surface area contributed by atoms with Crippen LogP contribution in [0.2, 0.25) is 0 Å². The number of furan rings is 1. The van der Waals surface area contributed by atoms with Crippen LogP contribution < -0.4 is 0 Å². The SMILES string of the molecule is N=C(N=C(N=Cc1c(-n2c3cc4ccccc4cc3c3c4ccccc4ccc32)ccc2oc3ccccc3c12)n1c2ccccc2c2ccccc21)c1cccc(-c2ccccc2)c1. The molecule has 304 valence electrons. The molecule has 1 N–H and O–H groups in total. The van der Waals surface area contributed by atoms with Crippen LogP contribution in [0, 0.1) is 5.41 Å². The summed E-state index contributed by atoms with van der Waals surface area (Å²) in [4.78, 5) is 10.6. The lowest BCUT2D eigenvalue weighted by Crippen LogP contribution is -2.13. The minimum Gasteiger partial charge on any atom is -0.456 e. The number of nitrogens with zero attached hydrogens (tertiary/aromatic N) is 4. The van der Waals surface area contributed by atoms with Gasteiger partial charge in [0, 0.05) is 49.7 Å². The molecule has 3 aromatic heterocycles. The predicted octanol–water partition coefficient (Wildman–Crippen LogP) is 15.1. The molecule has 0 saturated carbocycles. The van der Waals surface area contributed by atoms with Crippen molar-refractivity contribution in [2.45, 2.75) is 0 Å². The number of hydrogen-bond donors (Lipinski definition) is 1. The Kier molecular flexibility index (Phi) is 8.26. The molecular weight excluding hydrogens is 795 g/mol. The monoisotopic (exact) mass is 831 g/mol. The van der Waals surface area contributed by atoms with Crippen molar-refractivity contribution in [3.8, 4) is 16.8 Å². The first kappa shape index (κ1) is 36.8. The lowest BCUT2D eigenvalue weighted by atomic mass is 10.0. The molecule has 3 heterocycles. The fourth-order valence-electron chi connectivity index (χ4n) is 9.93. The molecule has 0 aliphatic heterocycles. The van der Waals surface area contributed by atoms with Crippen LogP contribution in [0.25, 0.3) is 104 Å². The molecule has 13 aromatic rings. The van der Waals surface area contributed by atoms with Gasteiger partial charge in [0.05, 0.1) is 27.8 Å². The quantitative estimate of drug-likeness (QED) is 0.139. The van der Waals surface area contributed by atoms with E-state index < -0.39 is 0 Å². The number of nitrogens with one attached hydrogen (secondary N) is 1. The average molecular weight is 832 g/mol. The molecule has 0 bridgehead atoms. The van der Waals surface area contributed by atoms with E-state index >= 15 is 0 Å². The third kappa shape index (κ3) is 5.85. The van der Waals surface area contributed by atoms with E-state index in [1.807, 2.05) is 66.9 Å². The minimum absolute atomic E-state index is 0.102. The number of aliphatic imine (C=N–C) groups is 2. The third-order valence-electron chi connectivity index (χ3n) is 12.9. The first-order valence-corrected chi connectivity index (χ1v) is 21.8. The Morgan fingerprint density at radius 2 is 1.09 bits per heavy atom. The van der Waals surface area contributed by atoms with Crippen molar-refractivity contribution in [1.29, 1.82) is 5.41 Å². The van der Waals surface area contributed by atoms with Gasteiger partial charge >= 0.3 is 0 Å². The lowest BCUT2D eigenvalue weighted by Gasteiger charge is -2.14. The molecule has 0 amide bonds. The molecule has 0 aliphatic rings. The molecule has 0 radical (unpaired) electrons. The molecule has 0 unspecified atom stereocenters. The van der Waals surface area contributed by atoms with Crippen molar-refractivity contribution >= 4 is 105 Å². The molecule has 6 heteroatoms. The second-order valence-corrected chi connectivity index (χ2v) is 16.5. The molecule has 0 spiro atoms. The summed E-state index contributed by atoms with van der Waals surface area (Å²) < 4.78 is 11.1. The number of hydrogen-bond acceptors (Lipinski definition) is 2. The van der Waals surface area contributed by atoms with Crippen LogP contribution >= 0.6 is 0 Å². The standard InChI is InChI=1S/C59H37N5O/c60-58(42-21-14-20-39(33-42)37-15-2-1-3-16-37)62-59(64-49-26-11-8-23-44(49)45-24-9-12-27-50(45)64)61-36-48-51(31-32-55-57(48)46-25-10-13-28-54(46)65-55)63-52-30-29-38-17-6-7-22-43(38)56(52)47-34-40-18-4-5-19-41(40)35-53(47)63/h1-36,60H. The zero-order valence-electron chi connectivity index (χ0n) is 35.0. The fourth-order valence-corrected chi connectivity index (χ4v) is 9.93. The van der Waals surface area contributed by atoms with Crippen molar-refractivity contribution in [2.75, 3.05) is 0 Å². The van der Waals surface area contributed by atoms with Crippen molar-refractivity contribution in [3.05, 3.63) is 223 Å². The zero-order valence-corrected chi connectivity index (χ0v) is 35.0. The molecule has 65 heavy (non-hydrogen) atoms. The number of fused-ring (bicyclic) bond motifs is 12. The van der Waals surface area contributed by atoms with Gasteiger partial charge in [0.2, 0.25) is 5.96 Å². The van der Waals surface area contributed by atoms with Crippen molar-refractivity contribution < 1.29 is 4.42 Å². The summed E-state index contributed by atoms with van der Waals surface area (Å²) in [5.74, 6) is 0.470. The molecule has 0 saturated heterocycles. The Balaban J connectivity index is 1.10. The van der Waals surface area contributed by atoms with E-state index in [4.69, 9.17) is 14.4 Å². The highest BCUT2D eigenvalue weighted by atomic mass is 16.3. The number of para-hydroxylation sites is 3. The van der Waals surface area contributed by atoms with Crippen LogP contribution in [0.4, 0.5) is 0 Å². The van der Waals surface area contributed by atoms with E-state index in [9.17, 15) is 5.41 Å². The summed E-state index contributed by atoms with van der Waals surface area (Å²) in [6, 6.07) is 73.7. The molecule has 0 fully saturated rings. The van der Waals surface area contributed by atoms with E-state index in [1.54, 1.807) is 0 Å². The highest BCUT2D eigenvalue weighted by Gasteiger charge is 2.22. The largest absolute Gasteiger partial charge is 0.456 e. The Morgan fingerprint density at radius 1 is 0.446 bits per heavy atom. The van der Waals surface area contributed by atoms with Crippen molar-refractivity contribution in [2.24, 2.45) is 9.98 Å². The number of amidine groups is 1. The van der Waals surface area contributed by atoms with Gasteiger partial charge in [0.25, 0.3) is 0 Å². The Hall–Kier alpha value is -8.87. The molecule has 10 aromatic carbocycles. The molecule has 13 rings (SSSR count). The Morgan fingerprint density at radius 3 is 1.88 bits per heavy atom. The van der Waals surface area contributed by atoms with E-state index in [2.05, 4.69) is 161 Å². The molecular formula is C59H37N5O. The van der Waals surface area contributed by atoms with Gasteiger partial charge in [-0.15, -0.1) is 0 Å².